The molecular formula is C26H50O5. The molecule has 0 saturated heterocycles. The predicted molar refractivity (Wildman–Crippen MR) is 127 cm³/mol. The molecule has 0 saturated carbocycles. The van der Waals surface area contributed by atoms with Crippen LogP contribution < -0.4 is 0 Å². The van der Waals surface area contributed by atoms with Gasteiger partial charge in [0.2, 0.25) is 0 Å². The lowest BCUT2D eigenvalue weighted by Gasteiger charge is -2.08. The summed E-state index contributed by atoms with van der Waals surface area (Å²) in [6.45, 7) is 6.83. The van der Waals surface area contributed by atoms with Crippen LogP contribution in [0.1, 0.15) is 124 Å². The standard InChI is InChI=1S/C26H50O5/c1-4-5-6-7-8-9-10-11-12-13-14-15-16-17-18-20-30-25(27)22-29-23-26(28)31-21-19-24(2)3/h24H,4-23H2,1-3H3. The molecule has 0 N–H and O–H groups in total. The minimum absolute atomic E-state index is 0.196. The minimum atomic E-state index is -0.434. The van der Waals surface area contributed by atoms with Gasteiger partial charge in [-0.05, 0) is 18.8 Å². The first-order valence-corrected chi connectivity index (χ1v) is 12.9. The van der Waals surface area contributed by atoms with Crippen molar-refractivity contribution in [2.24, 2.45) is 5.92 Å². The van der Waals surface area contributed by atoms with Crippen LogP contribution in [0.15, 0.2) is 0 Å². The number of ether oxygens (including phenoxy) is 3. The van der Waals surface area contributed by atoms with Crippen molar-refractivity contribution in [2.75, 3.05) is 26.4 Å². The molecule has 0 rings (SSSR count). The molecule has 0 aliphatic rings. The lowest BCUT2D eigenvalue weighted by molar-refractivity contribution is -0.155. The van der Waals surface area contributed by atoms with E-state index in [0.717, 1.165) is 19.3 Å². The first-order chi connectivity index (χ1) is 15.1. The first-order valence-electron chi connectivity index (χ1n) is 12.9. The molecule has 0 heterocycles. The summed E-state index contributed by atoms with van der Waals surface area (Å²) < 4.78 is 15.2. The van der Waals surface area contributed by atoms with Crippen molar-refractivity contribution < 1.29 is 23.8 Å². The van der Waals surface area contributed by atoms with E-state index in [1.54, 1.807) is 0 Å². The molecule has 0 aromatic rings. The third kappa shape index (κ3) is 25.0. The molecule has 5 heteroatoms. The molecule has 0 aliphatic carbocycles. The van der Waals surface area contributed by atoms with E-state index in [-0.39, 0.29) is 13.2 Å². The highest BCUT2D eigenvalue weighted by atomic mass is 16.6. The molecule has 0 aliphatic heterocycles. The zero-order chi connectivity index (χ0) is 23.0. The SMILES string of the molecule is CCCCCCCCCCCCCCCCCOC(=O)COCC(=O)OCCC(C)C. The number of rotatable bonds is 23. The van der Waals surface area contributed by atoms with Crippen LogP contribution in [0.3, 0.4) is 0 Å². The van der Waals surface area contributed by atoms with Crippen molar-refractivity contribution >= 4 is 11.9 Å². The Labute approximate surface area is 192 Å². The highest BCUT2D eigenvalue weighted by Gasteiger charge is 2.07. The summed E-state index contributed by atoms with van der Waals surface area (Å²) in [5, 5.41) is 0. The van der Waals surface area contributed by atoms with Crippen LogP contribution in [0.25, 0.3) is 0 Å². The van der Waals surface area contributed by atoms with Crippen molar-refractivity contribution in [2.45, 2.75) is 124 Å². The Bertz CT molecular complexity index is 409. The second kappa shape index (κ2) is 23.6. The number of esters is 2. The third-order valence-electron chi connectivity index (χ3n) is 5.41. The quantitative estimate of drug-likeness (QED) is 0.126. The summed E-state index contributed by atoms with van der Waals surface area (Å²) in [6.07, 6.45) is 20.5. The number of hydrogen-bond acceptors (Lipinski definition) is 5. The highest BCUT2D eigenvalue weighted by Crippen LogP contribution is 2.13. The lowest BCUT2D eigenvalue weighted by Crippen LogP contribution is -2.19. The van der Waals surface area contributed by atoms with E-state index in [4.69, 9.17) is 14.2 Å². The minimum Gasteiger partial charge on any atom is -0.464 e. The number of carbonyl (C=O) groups excluding carboxylic acids is 2. The van der Waals surface area contributed by atoms with Crippen LogP contribution in [0.4, 0.5) is 0 Å². The van der Waals surface area contributed by atoms with Gasteiger partial charge in [0.25, 0.3) is 0 Å². The normalized spacial score (nSPS) is 11.1. The molecule has 184 valence electrons. The largest absolute Gasteiger partial charge is 0.464 e. The molecule has 0 aromatic carbocycles. The zero-order valence-electron chi connectivity index (χ0n) is 20.8. The van der Waals surface area contributed by atoms with Crippen LogP contribution >= 0.6 is 0 Å². The van der Waals surface area contributed by atoms with Crippen LogP contribution in [0.5, 0.6) is 0 Å². The van der Waals surface area contributed by atoms with Crippen molar-refractivity contribution in [3.8, 4) is 0 Å². The molecule has 0 amide bonds. The van der Waals surface area contributed by atoms with Gasteiger partial charge in [0.15, 0.2) is 0 Å². The summed E-state index contributed by atoms with van der Waals surface area (Å²) in [5.41, 5.74) is 0. The fourth-order valence-electron chi connectivity index (χ4n) is 3.37. The Morgan fingerprint density at radius 2 is 0.968 bits per heavy atom. The van der Waals surface area contributed by atoms with Crippen LogP contribution in [-0.4, -0.2) is 38.4 Å². The van der Waals surface area contributed by atoms with Crippen LogP contribution in [0, 0.1) is 5.92 Å². The van der Waals surface area contributed by atoms with Crippen LogP contribution in [-0.2, 0) is 23.8 Å². The maximum atomic E-state index is 11.6. The summed E-state index contributed by atoms with van der Waals surface area (Å²) in [4.78, 5) is 23.0. The summed E-state index contributed by atoms with van der Waals surface area (Å²) in [6, 6.07) is 0. The fourth-order valence-corrected chi connectivity index (χ4v) is 3.37. The van der Waals surface area contributed by atoms with E-state index in [1.165, 1.54) is 83.5 Å². The Kier molecular flexibility index (Phi) is 22.7. The Morgan fingerprint density at radius 3 is 1.39 bits per heavy atom. The van der Waals surface area contributed by atoms with Gasteiger partial charge in [-0.15, -0.1) is 0 Å². The molecule has 0 unspecified atom stereocenters. The average Bonchev–Trinajstić information content (AvgIpc) is 2.73. The van der Waals surface area contributed by atoms with Gasteiger partial charge in [0, 0.05) is 0 Å². The van der Waals surface area contributed by atoms with Gasteiger partial charge in [-0.25, -0.2) is 9.59 Å². The molecule has 0 aromatic heterocycles. The van der Waals surface area contributed by atoms with E-state index in [0.29, 0.717) is 19.1 Å². The topological polar surface area (TPSA) is 61.8 Å². The molecule has 0 bridgehead atoms. The zero-order valence-corrected chi connectivity index (χ0v) is 20.8. The van der Waals surface area contributed by atoms with E-state index in [1.807, 2.05) is 0 Å². The molecular weight excluding hydrogens is 392 g/mol. The molecule has 31 heavy (non-hydrogen) atoms. The van der Waals surface area contributed by atoms with Gasteiger partial charge in [0.05, 0.1) is 13.2 Å². The maximum Gasteiger partial charge on any atom is 0.332 e. The second-order valence-electron chi connectivity index (χ2n) is 9.07. The molecule has 0 radical (unpaired) electrons. The van der Waals surface area contributed by atoms with E-state index in [2.05, 4.69) is 20.8 Å². The van der Waals surface area contributed by atoms with Gasteiger partial charge >= 0.3 is 11.9 Å². The Morgan fingerprint density at radius 1 is 0.581 bits per heavy atom. The molecule has 5 nitrogen and oxygen atoms in total. The van der Waals surface area contributed by atoms with Crippen molar-refractivity contribution in [1.29, 1.82) is 0 Å². The molecule has 0 fully saturated rings. The number of hydrogen-bond donors (Lipinski definition) is 0. The maximum absolute atomic E-state index is 11.6. The lowest BCUT2D eigenvalue weighted by atomic mass is 10.0. The first kappa shape index (κ1) is 29.9. The average molecular weight is 443 g/mol. The summed E-state index contributed by atoms with van der Waals surface area (Å²) in [5.74, 6) is -0.361. The second-order valence-corrected chi connectivity index (χ2v) is 9.07. The highest BCUT2D eigenvalue weighted by molar-refractivity contribution is 5.73. The number of carbonyl (C=O) groups is 2. The predicted octanol–water partition coefficient (Wildman–Crippen LogP) is 7.01. The van der Waals surface area contributed by atoms with Crippen molar-refractivity contribution in [3.05, 3.63) is 0 Å². The Hall–Kier alpha value is -1.10. The Balaban J connectivity index is 3.24. The van der Waals surface area contributed by atoms with Gasteiger partial charge < -0.3 is 14.2 Å². The summed E-state index contributed by atoms with van der Waals surface area (Å²) in [7, 11) is 0. The van der Waals surface area contributed by atoms with E-state index >= 15 is 0 Å². The van der Waals surface area contributed by atoms with Gasteiger partial charge in [-0.2, -0.15) is 0 Å². The summed E-state index contributed by atoms with van der Waals surface area (Å²) >= 11 is 0. The van der Waals surface area contributed by atoms with E-state index < -0.39 is 11.9 Å². The number of unbranched alkanes of at least 4 members (excludes halogenated alkanes) is 14. The van der Waals surface area contributed by atoms with E-state index in [9.17, 15) is 9.59 Å². The third-order valence-corrected chi connectivity index (χ3v) is 5.41. The van der Waals surface area contributed by atoms with Crippen molar-refractivity contribution in [3.63, 3.8) is 0 Å². The fraction of sp³-hybridized carbons (Fsp3) is 0.923. The van der Waals surface area contributed by atoms with Crippen molar-refractivity contribution in [1.82, 2.24) is 0 Å². The smallest absolute Gasteiger partial charge is 0.332 e. The molecule has 0 spiro atoms. The van der Waals surface area contributed by atoms with Gasteiger partial charge in [-0.1, -0.05) is 111 Å². The molecule has 0 atom stereocenters. The monoisotopic (exact) mass is 442 g/mol. The van der Waals surface area contributed by atoms with Gasteiger partial charge in [0.1, 0.15) is 13.2 Å². The van der Waals surface area contributed by atoms with Crippen LogP contribution in [0.2, 0.25) is 0 Å². The van der Waals surface area contributed by atoms with Gasteiger partial charge in [-0.3, -0.25) is 0 Å².